The maximum absolute atomic E-state index is 16.1. The van der Waals surface area contributed by atoms with E-state index in [0.29, 0.717) is 16.8 Å². The van der Waals surface area contributed by atoms with Crippen LogP contribution < -0.4 is 5.32 Å². The molecule has 20 heteroatoms. The van der Waals surface area contributed by atoms with E-state index in [-0.39, 0.29) is 24.8 Å². The summed E-state index contributed by atoms with van der Waals surface area (Å²) < 4.78 is 66.8. The second kappa shape index (κ2) is 11.7. The van der Waals surface area contributed by atoms with E-state index in [9.17, 15) is 17.9 Å². The van der Waals surface area contributed by atoms with Gasteiger partial charge in [0.1, 0.15) is 30.0 Å². The lowest BCUT2D eigenvalue weighted by Gasteiger charge is -2.59. The molecule has 0 saturated carbocycles. The quantitative estimate of drug-likeness (QED) is 0.271. The first-order chi connectivity index (χ1) is 28.0. The number of hydrogen-bond acceptors (Lipinski definition) is 13. The Labute approximate surface area is 353 Å². The lowest BCUT2D eigenvalue weighted by atomic mass is 9.51. The van der Waals surface area contributed by atoms with Crippen molar-refractivity contribution in [3.63, 3.8) is 0 Å². The van der Waals surface area contributed by atoms with Crippen LogP contribution in [0.2, 0.25) is 0 Å². The average Bonchev–Trinajstić information content (AvgIpc) is 3.87. The fraction of sp³-hybridized carbons (Fsp3) is 0.436. The smallest absolute Gasteiger partial charge is 0.297 e. The molecular weight excluding hydrogens is 865 g/mol. The molecule has 1 aliphatic carbocycles. The molecule has 13 nitrogen and oxygen atoms in total. The van der Waals surface area contributed by atoms with Gasteiger partial charge in [0.25, 0.3) is 33.7 Å². The Morgan fingerprint density at radius 1 is 0.763 bits per heavy atom. The number of benzene rings is 3. The molecule has 0 radical (unpaired) electrons. The van der Waals surface area contributed by atoms with E-state index in [1.54, 1.807) is 44.2 Å². The van der Waals surface area contributed by atoms with Crippen molar-refractivity contribution in [3.8, 4) is 0 Å². The molecule has 4 amide bonds. The summed E-state index contributed by atoms with van der Waals surface area (Å²) in [7, 11) is 2.30. The molecule has 13 rings (SSSR count). The van der Waals surface area contributed by atoms with E-state index in [1.807, 2.05) is 0 Å². The molecule has 3 aromatic carbocycles. The zero-order valence-electron chi connectivity index (χ0n) is 31.7. The third kappa shape index (κ3) is 3.81. The topological polar surface area (TPSA) is 157 Å². The summed E-state index contributed by atoms with van der Waals surface area (Å²) >= 11 is 0. The molecule has 8 fully saturated rings. The van der Waals surface area contributed by atoms with Crippen molar-refractivity contribution < 1.29 is 45.7 Å². The number of aliphatic hydroxyl groups excluding tert-OH is 1. The minimum atomic E-state index is -4.99. The standard InChI is InChI=1S/C39H35F2N5O8S5/c1-5-34-30(48)45-26-17-19-11-12-21(41)18-24(19)36(26,27(47)38(45,57-55-34)32(50)43(34)3)37-23-9-7-8-10-25(23)42-29(37)46-31(49)35(6-2)44(4)33(51)39(46,58-56-35)28(37)54-59(52,53)22-15-13-20(40)14-16-22/h7-16,18,26-29,42,47H,5-6,17H2,1-4H3/t26-,27-,28-,29+,34-,35-,36-,37+,38-,39-/m0/s1. The van der Waals surface area contributed by atoms with Gasteiger partial charge in [0.15, 0.2) is 9.74 Å². The van der Waals surface area contributed by atoms with Crippen molar-refractivity contribution in [1.29, 1.82) is 0 Å². The SMILES string of the molecule is CC[C@@]12SS[C@]3(C(=O)N1C)[C@@H](O)[C@]1([C@@]45c6ccccc6N[C@@H]4N4C(=O)[C@]6(CC)SS[C@]4(C(=O)N6C)[C@H]5OS(=O)(=O)c4ccc(F)cc4)c4cc(F)ccc4C[C@@H]1N3C2=O. The van der Waals surface area contributed by atoms with Crippen LogP contribution in [0.1, 0.15) is 43.4 Å². The van der Waals surface area contributed by atoms with E-state index in [4.69, 9.17) is 4.18 Å². The number of likely N-dealkylation sites (N-methyl/N-ethyl adjacent to an activating group) is 2. The third-order valence-electron chi connectivity index (χ3n) is 14.4. The fourth-order valence-corrected chi connectivity index (χ4v) is 21.0. The molecule has 8 saturated heterocycles. The summed E-state index contributed by atoms with van der Waals surface area (Å²) in [6.07, 6.45) is -4.82. The highest BCUT2D eigenvalue weighted by Crippen LogP contribution is 2.79. The van der Waals surface area contributed by atoms with Crippen LogP contribution in [0, 0.1) is 11.6 Å². The molecule has 2 N–H and O–H groups in total. The minimum absolute atomic E-state index is 0.00579. The normalized spacial score (nSPS) is 39.6. The van der Waals surface area contributed by atoms with Crippen LogP contribution in [0.4, 0.5) is 14.5 Å². The number of carbonyl (C=O) groups is 4. The molecule has 9 aliphatic heterocycles. The predicted octanol–water partition coefficient (Wildman–Crippen LogP) is 3.98. The van der Waals surface area contributed by atoms with Gasteiger partial charge < -0.3 is 25.1 Å². The summed E-state index contributed by atoms with van der Waals surface area (Å²) in [5, 5.41) is 17.3. The third-order valence-corrected chi connectivity index (χ3v) is 23.3. The second-order valence-electron chi connectivity index (χ2n) is 16.2. The van der Waals surface area contributed by atoms with Crippen molar-refractivity contribution >= 4 is 82.6 Å². The van der Waals surface area contributed by atoms with E-state index in [2.05, 4.69) is 5.32 Å². The van der Waals surface area contributed by atoms with Gasteiger partial charge in [0, 0.05) is 19.8 Å². The van der Waals surface area contributed by atoms with Crippen LogP contribution in [0.3, 0.4) is 0 Å². The molecule has 3 aromatic rings. The number of nitrogens with zero attached hydrogens (tertiary/aromatic N) is 4. The first-order valence-corrected chi connectivity index (χ1v) is 24.7. The van der Waals surface area contributed by atoms with Crippen LogP contribution in [0.15, 0.2) is 71.6 Å². The number of fused-ring (bicyclic) bond motifs is 11. The second-order valence-corrected chi connectivity index (χ2v) is 23.1. The van der Waals surface area contributed by atoms with E-state index in [0.717, 1.165) is 67.4 Å². The molecule has 10 aliphatic rings. The van der Waals surface area contributed by atoms with Crippen molar-refractivity contribution in [3.05, 3.63) is 95.1 Å². The molecule has 2 spiro atoms. The summed E-state index contributed by atoms with van der Waals surface area (Å²) in [5.74, 6) is -3.61. The highest BCUT2D eigenvalue weighted by molar-refractivity contribution is 8.78. The Balaban J connectivity index is 1.30. The van der Waals surface area contributed by atoms with Gasteiger partial charge >= 0.3 is 0 Å². The van der Waals surface area contributed by atoms with Crippen LogP contribution >= 0.6 is 43.2 Å². The largest absolute Gasteiger partial charge is 0.388 e. The fourth-order valence-electron chi connectivity index (χ4n) is 11.9. The lowest BCUT2D eigenvalue weighted by molar-refractivity contribution is -0.168. The number of anilines is 1. The molecule has 308 valence electrons. The number of piperazine rings is 2. The monoisotopic (exact) mass is 899 g/mol. The number of nitrogens with one attached hydrogen (secondary N) is 1. The number of aliphatic hydroxyl groups is 1. The number of carbonyl (C=O) groups excluding carboxylic acids is 4. The Morgan fingerprint density at radius 2 is 1.36 bits per heavy atom. The van der Waals surface area contributed by atoms with Gasteiger partial charge in [-0.05, 0) is 100 Å². The summed E-state index contributed by atoms with van der Waals surface area (Å²) in [5.41, 5.74) is -2.67. The maximum atomic E-state index is 16.1. The van der Waals surface area contributed by atoms with Crippen LogP contribution in [0.25, 0.3) is 0 Å². The Bertz CT molecular complexity index is 2610. The maximum Gasteiger partial charge on any atom is 0.297 e. The van der Waals surface area contributed by atoms with Gasteiger partial charge in [-0.15, -0.1) is 0 Å². The van der Waals surface area contributed by atoms with Crippen LogP contribution in [-0.4, -0.2) is 115 Å². The van der Waals surface area contributed by atoms with Crippen molar-refractivity contribution in [1.82, 2.24) is 19.6 Å². The van der Waals surface area contributed by atoms with E-state index >= 15 is 23.6 Å². The predicted molar refractivity (Wildman–Crippen MR) is 217 cm³/mol. The Kier molecular flexibility index (Phi) is 7.60. The number of halogens is 2. The summed E-state index contributed by atoms with van der Waals surface area (Å²) in [6, 6.07) is 13.7. The lowest BCUT2D eigenvalue weighted by Crippen LogP contribution is -2.78. The summed E-state index contributed by atoms with van der Waals surface area (Å²) in [4.78, 5) is 59.4. The van der Waals surface area contributed by atoms with E-state index in [1.165, 1.54) is 45.8 Å². The highest BCUT2D eigenvalue weighted by atomic mass is 33.1. The van der Waals surface area contributed by atoms with Gasteiger partial charge in [-0.1, -0.05) is 59.7 Å². The summed E-state index contributed by atoms with van der Waals surface area (Å²) in [6.45, 7) is 3.56. The average molecular weight is 900 g/mol. The van der Waals surface area contributed by atoms with Crippen molar-refractivity contribution in [2.24, 2.45) is 0 Å². The van der Waals surface area contributed by atoms with Gasteiger partial charge in [0.2, 0.25) is 9.74 Å². The number of hydrogen-bond donors (Lipinski definition) is 2. The van der Waals surface area contributed by atoms with Crippen LogP contribution in [0.5, 0.6) is 0 Å². The zero-order valence-corrected chi connectivity index (χ0v) is 35.8. The van der Waals surface area contributed by atoms with Gasteiger partial charge in [-0.25, -0.2) is 8.78 Å². The molecule has 9 heterocycles. The molecule has 0 aromatic heterocycles. The molecule has 0 unspecified atom stereocenters. The molecule has 10 atom stereocenters. The number of amides is 4. The minimum Gasteiger partial charge on any atom is -0.388 e. The molecular formula is C39H35F2N5O8S5. The number of rotatable bonds is 6. The van der Waals surface area contributed by atoms with Crippen LogP contribution in [-0.2, 0) is 50.7 Å². The van der Waals surface area contributed by atoms with Crippen molar-refractivity contribution in [2.75, 3.05) is 19.4 Å². The van der Waals surface area contributed by atoms with E-state index < -0.39 is 105 Å². The molecule has 4 bridgehead atoms. The van der Waals surface area contributed by atoms with Gasteiger partial charge in [0.05, 0.1) is 21.8 Å². The Morgan fingerprint density at radius 3 is 2.02 bits per heavy atom. The first kappa shape index (κ1) is 38.4. The van der Waals surface area contributed by atoms with Gasteiger partial charge in [-0.2, -0.15) is 8.42 Å². The van der Waals surface area contributed by atoms with Gasteiger partial charge in [-0.3, -0.25) is 28.3 Å². The van der Waals surface area contributed by atoms with Crippen molar-refractivity contribution in [2.45, 2.75) is 92.7 Å². The Hall–Kier alpha value is -3.53. The number of para-hydroxylation sites is 1. The molecule has 59 heavy (non-hydrogen) atoms. The first-order valence-electron chi connectivity index (χ1n) is 19.0. The zero-order chi connectivity index (χ0) is 41.6. The highest BCUT2D eigenvalue weighted by Gasteiger charge is 2.93.